The molecule has 2 saturated heterocycles. The Kier molecular flexibility index (Phi) is 6.59. The Hall–Kier alpha value is -2.51. The molecule has 3 heterocycles. The summed E-state index contributed by atoms with van der Waals surface area (Å²) in [4.78, 5) is 18.6. The first-order valence-electron chi connectivity index (χ1n) is 10.9. The molecule has 2 aliphatic heterocycles. The fourth-order valence-electron chi connectivity index (χ4n) is 4.44. The number of carbonyl (C=O) groups is 1. The van der Waals surface area contributed by atoms with E-state index < -0.39 is 0 Å². The van der Waals surface area contributed by atoms with Crippen LogP contribution in [0.2, 0.25) is 0 Å². The number of hydrogen-bond acceptors (Lipinski definition) is 4. The van der Waals surface area contributed by atoms with Crippen LogP contribution in [0.15, 0.2) is 40.8 Å². The number of nitrogens with zero attached hydrogens (tertiary/aromatic N) is 2. The molecule has 1 aromatic heterocycles. The van der Waals surface area contributed by atoms with Gasteiger partial charge < -0.3 is 29.2 Å². The lowest BCUT2D eigenvalue weighted by Crippen LogP contribution is -3.15. The molecule has 2 amide bonds. The molecule has 0 radical (unpaired) electrons. The lowest BCUT2D eigenvalue weighted by molar-refractivity contribution is -0.938. The standard InChI is InChI=1S/C23H32N4O3/c1-18-5-3-4-6-20(18)25-9-11-27(12-10-25)23(28)24-17-21(22-8-7-19(2)30-22)26-13-15-29-16-14-26/h3-8,21H,9-17H2,1-2H3,(H,24,28)/p+1/t21-/m0/s1. The fourth-order valence-corrected chi connectivity index (χ4v) is 4.44. The molecule has 2 N–H and O–H groups in total. The number of piperazine rings is 1. The van der Waals surface area contributed by atoms with Crippen molar-refractivity contribution in [3.05, 3.63) is 53.5 Å². The van der Waals surface area contributed by atoms with Gasteiger partial charge in [-0.2, -0.15) is 0 Å². The zero-order chi connectivity index (χ0) is 20.9. The molecule has 162 valence electrons. The highest BCUT2D eigenvalue weighted by atomic mass is 16.5. The summed E-state index contributed by atoms with van der Waals surface area (Å²) >= 11 is 0. The summed E-state index contributed by atoms with van der Waals surface area (Å²) in [5, 5.41) is 3.17. The Morgan fingerprint density at radius 2 is 1.80 bits per heavy atom. The summed E-state index contributed by atoms with van der Waals surface area (Å²) in [6.07, 6.45) is 0. The molecule has 0 bridgehead atoms. The van der Waals surface area contributed by atoms with Gasteiger partial charge in [0.15, 0.2) is 11.8 Å². The average molecular weight is 414 g/mol. The van der Waals surface area contributed by atoms with Gasteiger partial charge in [0.2, 0.25) is 0 Å². The van der Waals surface area contributed by atoms with E-state index in [0.29, 0.717) is 6.54 Å². The normalized spacial score (nSPS) is 19.0. The number of rotatable bonds is 5. The van der Waals surface area contributed by atoms with E-state index in [1.807, 2.05) is 24.0 Å². The number of anilines is 1. The second-order valence-electron chi connectivity index (χ2n) is 8.22. The Morgan fingerprint density at radius 3 is 2.47 bits per heavy atom. The van der Waals surface area contributed by atoms with Crippen molar-refractivity contribution < 1.29 is 18.8 Å². The van der Waals surface area contributed by atoms with Crippen molar-refractivity contribution in [2.45, 2.75) is 19.9 Å². The Morgan fingerprint density at radius 1 is 1.07 bits per heavy atom. The van der Waals surface area contributed by atoms with E-state index in [4.69, 9.17) is 9.15 Å². The largest absolute Gasteiger partial charge is 0.460 e. The fraction of sp³-hybridized carbons (Fsp3) is 0.522. The summed E-state index contributed by atoms with van der Waals surface area (Å²) in [5.41, 5.74) is 2.54. The van der Waals surface area contributed by atoms with Gasteiger partial charge in [0.05, 0.1) is 19.8 Å². The molecule has 0 saturated carbocycles. The summed E-state index contributed by atoms with van der Waals surface area (Å²) in [6, 6.07) is 12.6. The maximum absolute atomic E-state index is 12.9. The van der Waals surface area contributed by atoms with Crippen LogP contribution in [-0.2, 0) is 4.74 Å². The molecule has 2 aromatic rings. The number of nitrogens with one attached hydrogen (secondary N) is 2. The van der Waals surface area contributed by atoms with Crippen LogP contribution in [0.5, 0.6) is 0 Å². The minimum atomic E-state index is 0.0142. The van der Waals surface area contributed by atoms with E-state index in [-0.39, 0.29) is 12.1 Å². The van der Waals surface area contributed by atoms with Gasteiger partial charge in [0.1, 0.15) is 18.8 Å². The first-order valence-corrected chi connectivity index (χ1v) is 10.9. The minimum Gasteiger partial charge on any atom is -0.460 e. The Balaban J connectivity index is 1.33. The number of furan rings is 1. The smallest absolute Gasteiger partial charge is 0.317 e. The number of quaternary nitrogens is 1. The highest BCUT2D eigenvalue weighted by Gasteiger charge is 2.30. The topological polar surface area (TPSA) is 62.4 Å². The van der Waals surface area contributed by atoms with E-state index in [9.17, 15) is 4.79 Å². The molecule has 0 unspecified atom stereocenters. The molecule has 2 fully saturated rings. The molecule has 4 rings (SSSR count). The first kappa shape index (κ1) is 20.8. The van der Waals surface area contributed by atoms with Gasteiger partial charge in [-0.05, 0) is 37.6 Å². The molecular weight excluding hydrogens is 380 g/mol. The van der Waals surface area contributed by atoms with Gasteiger partial charge in [-0.15, -0.1) is 0 Å². The summed E-state index contributed by atoms with van der Waals surface area (Å²) in [5.74, 6) is 1.84. The lowest BCUT2D eigenvalue weighted by Gasteiger charge is -2.37. The number of urea groups is 1. The van der Waals surface area contributed by atoms with Crippen molar-refractivity contribution in [3.63, 3.8) is 0 Å². The number of para-hydroxylation sites is 1. The summed E-state index contributed by atoms with van der Waals surface area (Å²) in [7, 11) is 0. The van der Waals surface area contributed by atoms with E-state index in [1.165, 1.54) is 16.2 Å². The number of benzene rings is 1. The number of ether oxygens (including phenoxy) is 1. The Labute approximate surface area is 178 Å². The third kappa shape index (κ3) is 4.79. The van der Waals surface area contributed by atoms with Crippen molar-refractivity contribution in [1.29, 1.82) is 0 Å². The zero-order valence-corrected chi connectivity index (χ0v) is 18.0. The van der Waals surface area contributed by atoms with E-state index in [1.54, 1.807) is 0 Å². The number of hydrogen-bond donors (Lipinski definition) is 2. The van der Waals surface area contributed by atoms with Crippen LogP contribution in [0, 0.1) is 13.8 Å². The quantitative estimate of drug-likeness (QED) is 0.778. The molecule has 1 atom stereocenters. The molecule has 30 heavy (non-hydrogen) atoms. The first-order chi connectivity index (χ1) is 14.6. The predicted molar refractivity (Wildman–Crippen MR) is 116 cm³/mol. The van der Waals surface area contributed by atoms with Gasteiger partial charge in [-0.1, -0.05) is 18.2 Å². The molecular formula is C23H33N4O3+. The van der Waals surface area contributed by atoms with Crippen molar-refractivity contribution in [3.8, 4) is 0 Å². The van der Waals surface area contributed by atoms with Crippen molar-refractivity contribution in [2.75, 3.05) is 63.9 Å². The second kappa shape index (κ2) is 9.53. The van der Waals surface area contributed by atoms with Crippen LogP contribution in [0.25, 0.3) is 0 Å². The predicted octanol–water partition coefficient (Wildman–Crippen LogP) is 1.38. The SMILES string of the molecule is Cc1ccc([C@H](CNC(=O)N2CCN(c3ccccc3C)CC2)[NH+]2CCOCC2)o1. The minimum absolute atomic E-state index is 0.0142. The highest BCUT2D eigenvalue weighted by Crippen LogP contribution is 2.21. The van der Waals surface area contributed by atoms with E-state index in [2.05, 4.69) is 41.4 Å². The van der Waals surface area contributed by atoms with Gasteiger partial charge >= 0.3 is 6.03 Å². The maximum atomic E-state index is 12.9. The second-order valence-corrected chi connectivity index (χ2v) is 8.22. The number of aryl methyl sites for hydroxylation is 2. The van der Waals surface area contributed by atoms with Crippen LogP contribution >= 0.6 is 0 Å². The van der Waals surface area contributed by atoms with Crippen molar-refractivity contribution in [1.82, 2.24) is 10.2 Å². The van der Waals surface area contributed by atoms with Gasteiger partial charge in [0, 0.05) is 31.9 Å². The molecule has 7 nitrogen and oxygen atoms in total. The zero-order valence-electron chi connectivity index (χ0n) is 18.0. The van der Waals surface area contributed by atoms with Crippen LogP contribution in [-0.4, -0.2) is 70.0 Å². The van der Waals surface area contributed by atoms with Crippen LogP contribution < -0.4 is 15.1 Å². The third-order valence-corrected chi connectivity index (χ3v) is 6.21. The van der Waals surface area contributed by atoms with E-state index >= 15 is 0 Å². The van der Waals surface area contributed by atoms with Gasteiger partial charge in [-0.3, -0.25) is 0 Å². The Bertz CT molecular complexity index is 838. The lowest BCUT2D eigenvalue weighted by atomic mass is 10.1. The molecule has 7 heteroatoms. The average Bonchev–Trinajstić information content (AvgIpc) is 3.21. The van der Waals surface area contributed by atoms with Crippen LogP contribution in [0.1, 0.15) is 23.1 Å². The van der Waals surface area contributed by atoms with E-state index in [0.717, 1.165) is 64.0 Å². The number of carbonyl (C=O) groups excluding carboxylic acids is 1. The molecule has 0 spiro atoms. The van der Waals surface area contributed by atoms with Crippen LogP contribution in [0.3, 0.4) is 0 Å². The number of morpholine rings is 1. The third-order valence-electron chi connectivity index (χ3n) is 6.21. The van der Waals surface area contributed by atoms with Crippen molar-refractivity contribution >= 4 is 11.7 Å². The monoisotopic (exact) mass is 413 g/mol. The molecule has 2 aliphatic rings. The molecule has 0 aliphatic carbocycles. The molecule has 1 aromatic carbocycles. The maximum Gasteiger partial charge on any atom is 0.317 e. The van der Waals surface area contributed by atoms with Gasteiger partial charge in [-0.25, -0.2) is 4.79 Å². The van der Waals surface area contributed by atoms with Gasteiger partial charge in [0.25, 0.3) is 0 Å². The summed E-state index contributed by atoms with van der Waals surface area (Å²) < 4.78 is 11.4. The summed E-state index contributed by atoms with van der Waals surface area (Å²) in [6.45, 7) is 11.2. The number of amides is 2. The highest BCUT2D eigenvalue weighted by molar-refractivity contribution is 5.74. The van der Waals surface area contributed by atoms with Crippen LogP contribution in [0.4, 0.5) is 10.5 Å². The van der Waals surface area contributed by atoms with Crippen molar-refractivity contribution in [2.24, 2.45) is 0 Å².